The van der Waals surface area contributed by atoms with E-state index in [-0.39, 0.29) is 0 Å². The average molecular weight is 266 g/mol. The van der Waals surface area contributed by atoms with Crippen LogP contribution in [-0.2, 0) is 0 Å². The van der Waals surface area contributed by atoms with Crippen LogP contribution in [0, 0.1) is 0 Å². The van der Waals surface area contributed by atoms with Gasteiger partial charge in [0.2, 0.25) is 0 Å². The summed E-state index contributed by atoms with van der Waals surface area (Å²) in [6.07, 6.45) is 0. The van der Waals surface area contributed by atoms with Crippen molar-refractivity contribution in [2.24, 2.45) is 0 Å². The quantitative estimate of drug-likeness (QED) is 0.539. The lowest BCUT2D eigenvalue weighted by molar-refractivity contribution is 1.65. The Hall–Kier alpha value is -1.38. The lowest BCUT2D eigenvalue weighted by Gasteiger charge is -2.05. The molecule has 1 aliphatic carbocycles. The zero-order valence-electron chi connectivity index (χ0n) is 9.59. The fourth-order valence-corrected chi connectivity index (χ4v) is 4.48. The van der Waals surface area contributed by atoms with E-state index >= 15 is 0 Å². The van der Waals surface area contributed by atoms with E-state index in [2.05, 4.69) is 59.3 Å². The molecule has 4 rings (SSSR count). The third-order valence-electron chi connectivity index (χ3n) is 3.29. The van der Waals surface area contributed by atoms with E-state index < -0.39 is 0 Å². The Morgan fingerprint density at radius 1 is 0.556 bits per heavy atom. The third-order valence-corrected chi connectivity index (χ3v) is 5.42. The van der Waals surface area contributed by atoms with Gasteiger partial charge in [-0.25, -0.2) is 0 Å². The highest BCUT2D eigenvalue weighted by molar-refractivity contribution is 8.27. The molecule has 0 saturated heterocycles. The Bertz CT molecular complexity index is 638. The van der Waals surface area contributed by atoms with Gasteiger partial charge in [0.15, 0.2) is 0 Å². The number of thioether (sulfide) groups is 2. The first kappa shape index (κ1) is 10.5. The van der Waals surface area contributed by atoms with Crippen LogP contribution < -0.4 is 0 Å². The Balaban J connectivity index is 2.07. The molecule has 0 saturated carbocycles. The molecular weight excluding hydrogens is 256 g/mol. The van der Waals surface area contributed by atoms with Crippen LogP contribution in [0.25, 0.3) is 16.7 Å². The molecule has 86 valence electrons. The Labute approximate surface area is 115 Å². The van der Waals surface area contributed by atoms with E-state index in [0.717, 1.165) is 0 Å². The maximum absolute atomic E-state index is 2.23. The standard InChI is InChI=1S/C16H10S2/c1-3-7-13-11(5-1)12-6-2-4-8-14(12)15(13)16-17-9-10-18-16/h1-10H. The van der Waals surface area contributed by atoms with Crippen molar-refractivity contribution in [1.82, 2.24) is 0 Å². The van der Waals surface area contributed by atoms with E-state index in [9.17, 15) is 0 Å². The maximum Gasteiger partial charge on any atom is 0.0571 e. The van der Waals surface area contributed by atoms with Crippen molar-refractivity contribution in [3.05, 3.63) is 74.7 Å². The van der Waals surface area contributed by atoms with Crippen molar-refractivity contribution in [2.75, 3.05) is 0 Å². The van der Waals surface area contributed by atoms with E-state index in [1.165, 1.54) is 32.1 Å². The lowest BCUT2D eigenvalue weighted by atomic mass is 10.1. The van der Waals surface area contributed by atoms with Crippen molar-refractivity contribution in [3.8, 4) is 11.1 Å². The van der Waals surface area contributed by atoms with Crippen LogP contribution in [0.2, 0.25) is 0 Å². The average Bonchev–Trinajstić information content (AvgIpc) is 3.03. The van der Waals surface area contributed by atoms with Gasteiger partial charge >= 0.3 is 0 Å². The van der Waals surface area contributed by atoms with Crippen LogP contribution in [0.5, 0.6) is 0 Å². The van der Waals surface area contributed by atoms with Gasteiger partial charge in [0.05, 0.1) is 4.24 Å². The molecule has 0 atom stereocenters. The monoisotopic (exact) mass is 266 g/mol. The summed E-state index contributed by atoms with van der Waals surface area (Å²) in [6.45, 7) is 0. The summed E-state index contributed by atoms with van der Waals surface area (Å²) in [5.74, 6) is 0. The SMILES string of the molecule is C1=CSC(=C2c3ccccc3-c3ccccc32)S1. The summed E-state index contributed by atoms with van der Waals surface area (Å²) < 4.78 is 1.40. The van der Waals surface area contributed by atoms with Crippen molar-refractivity contribution in [1.29, 1.82) is 0 Å². The minimum atomic E-state index is 1.36. The molecular formula is C16H10S2. The molecule has 2 heteroatoms. The van der Waals surface area contributed by atoms with Gasteiger partial charge in [0.1, 0.15) is 0 Å². The summed E-state index contributed by atoms with van der Waals surface area (Å²) in [5.41, 5.74) is 6.88. The molecule has 2 aliphatic rings. The Morgan fingerprint density at radius 3 is 1.50 bits per heavy atom. The van der Waals surface area contributed by atoms with Gasteiger partial charge in [0.25, 0.3) is 0 Å². The second kappa shape index (κ2) is 4.08. The van der Waals surface area contributed by atoms with Gasteiger partial charge < -0.3 is 0 Å². The minimum Gasteiger partial charge on any atom is -0.0895 e. The van der Waals surface area contributed by atoms with E-state index in [4.69, 9.17) is 0 Å². The molecule has 1 heterocycles. The number of benzene rings is 2. The first-order chi connectivity index (χ1) is 8.95. The van der Waals surface area contributed by atoms with Gasteiger partial charge in [-0.3, -0.25) is 0 Å². The molecule has 1 aliphatic heterocycles. The fraction of sp³-hybridized carbons (Fsp3) is 0. The van der Waals surface area contributed by atoms with Crippen LogP contribution in [0.15, 0.2) is 63.6 Å². The highest BCUT2D eigenvalue weighted by atomic mass is 32.2. The van der Waals surface area contributed by atoms with Crippen LogP contribution in [0.4, 0.5) is 0 Å². The largest absolute Gasteiger partial charge is 0.0895 e. The van der Waals surface area contributed by atoms with Gasteiger partial charge in [-0.2, -0.15) is 0 Å². The van der Waals surface area contributed by atoms with Gasteiger partial charge in [0, 0.05) is 5.57 Å². The lowest BCUT2D eigenvalue weighted by Crippen LogP contribution is -1.82. The molecule has 0 nitrogen and oxygen atoms in total. The molecule has 2 aromatic carbocycles. The van der Waals surface area contributed by atoms with E-state index in [0.29, 0.717) is 0 Å². The minimum absolute atomic E-state index is 1.36. The summed E-state index contributed by atoms with van der Waals surface area (Å²) in [5, 5.41) is 4.33. The van der Waals surface area contributed by atoms with Crippen molar-refractivity contribution in [2.45, 2.75) is 0 Å². The highest BCUT2D eigenvalue weighted by Gasteiger charge is 2.26. The Morgan fingerprint density at radius 2 is 1.00 bits per heavy atom. The Kier molecular flexibility index (Phi) is 2.39. The first-order valence-corrected chi connectivity index (χ1v) is 7.63. The molecule has 0 radical (unpaired) electrons. The molecule has 2 aromatic rings. The number of fused-ring (bicyclic) bond motifs is 3. The second-order valence-corrected chi connectivity index (χ2v) is 6.35. The molecule has 18 heavy (non-hydrogen) atoms. The van der Waals surface area contributed by atoms with Crippen LogP contribution in [0.3, 0.4) is 0 Å². The van der Waals surface area contributed by atoms with Crippen LogP contribution >= 0.6 is 23.5 Å². The van der Waals surface area contributed by atoms with Crippen LogP contribution in [-0.4, -0.2) is 0 Å². The second-order valence-electron chi connectivity index (χ2n) is 4.26. The molecule has 0 amide bonds. The van der Waals surface area contributed by atoms with Gasteiger partial charge in [-0.05, 0) is 33.1 Å². The predicted molar refractivity (Wildman–Crippen MR) is 82.2 cm³/mol. The van der Waals surface area contributed by atoms with Crippen molar-refractivity contribution in [3.63, 3.8) is 0 Å². The predicted octanol–water partition coefficient (Wildman–Crippen LogP) is 5.34. The smallest absolute Gasteiger partial charge is 0.0571 e. The molecule has 0 bridgehead atoms. The zero-order chi connectivity index (χ0) is 11.9. The van der Waals surface area contributed by atoms with E-state index in [1.54, 1.807) is 0 Å². The fourth-order valence-electron chi connectivity index (χ4n) is 2.56. The third kappa shape index (κ3) is 1.43. The zero-order valence-corrected chi connectivity index (χ0v) is 11.2. The van der Waals surface area contributed by atoms with Crippen molar-refractivity contribution < 1.29 is 0 Å². The summed E-state index contributed by atoms with van der Waals surface area (Å²) in [6, 6.07) is 17.4. The van der Waals surface area contributed by atoms with Crippen LogP contribution in [0.1, 0.15) is 11.1 Å². The number of hydrogen-bond acceptors (Lipinski definition) is 2. The van der Waals surface area contributed by atoms with Crippen molar-refractivity contribution >= 4 is 29.1 Å². The highest BCUT2D eigenvalue weighted by Crippen LogP contribution is 2.52. The number of hydrogen-bond donors (Lipinski definition) is 0. The molecule has 0 aromatic heterocycles. The summed E-state index contributed by atoms with van der Waals surface area (Å²) >= 11 is 3.66. The molecule has 0 fully saturated rings. The molecule has 0 N–H and O–H groups in total. The normalized spacial score (nSPS) is 16.0. The number of rotatable bonds is 0. The maximum atomic E-state index is 2.23. The van der Waals surface area contributed by atoms with Gasteiger partial charge in [-0.1, -0.05) is 72.1 Å². The molecule has 0 unspecified atom stereocenters. The summed E-state index contributed by atoms with van der Waals surface area (Å²) in [7, 11) is 0. The summed E-state index contributed by atoms with van der Waals surface area (Å²) in [4.78, 5) is 0. The molecule has 0 spiro atoms. The first-order valence-electron chi connectivity index (χ1n) is 5.87. The van der Waals surface area contributed by atoms with Gasteiger partial charge in [-0.15, -0.1) is 0 Å². The van der Waals surface area contributed by atoms with E-state index in [1.807, 2.05) is 23.5 Å². The topological polar surface area (TPSA) is 0 Å².